The summed E-state index contributed by atoms with van der Waals surface area (Å²) in [6, 6.07) is 0. The molecule has 0 aromatic heterocycles. The van der Waals surface area contributed by atoms with Crippen LogP contribution in [-0.2, 0) is 4.74 Å². The highest BCUT2D eigenvalue weighted by molar-refractivity contribution is 5.09. The molecule has 0 aromatic carbocycles. The molecule has 2 fully saturated rings. The Hall–Kier alpha value is -0.290. The molecule has 88 valence electrons. The Labute approximate surface area is 87.2 Å². The lowest BCUT2D eigenvalue weighted by Crippen LogP contribution is -2.44. The van der Waals surface area contributed by atoms with Crippen LogP contribution in [0.25, 0.3) is 0 Å². The number of rotatable bonds is 1. The molecule has 1 saturated carbocycles. The minimum absolute atomic E-state index is 0.152. The number of fused-ring (bicyclic) bond motifs is 1. The van der Waals surface area contributed by atoms with E-state index >= 15 is 0 Å². The first-order valence-corrected chi connectivity index (χ1v) is 5.34. The number of hydrogen-bond donors (Lipinski definition) is 1. The van der Waals surface area contributed by atoms with Gasteiger partial charge in [0.2, 0.25) is 0 Å². The summed E-state index contributed by atoms with van der Waals surface area (Å²) in [5, 5.41) is 3.09. The first-order valence-electron chi connectivity index (χ1n) is 5.34. The van der Waals surface area contributed by atoms with E-state index in [1.165, 1.54) is 0 Å². The zero-order valence-corrected chi connectivity index (χ0v) is 8.90. The third kappa shape index (κ3) is 1.56. The molecule has 4 atom stereocenters. The molecule has 1 N–H and O–H groups in total. The normalized spacial score (nSPS) is 45.8. The van der Waals surface area contributed by atoms with Crippen LogP contribution in [0.4, 0.5) is 13.2 Å². The first-order chi connectivity index (χ1) is 6.91. The van der Waals surface area contributed by atoms with Crippen LogP contribution in [0.15, 0.2) is 0 Å². The topological polar surface area (TPSA) is 21.3 Å². The van der Waals surface area contributed by atoms with Gasteiger partial charge in [0.1, 0.15) is 0 Å². The van der Waals surface area contributed by atoms with E-state index in [1.807, 2.05) is 6.92 Å². The van der Waals surface area contributed by atoms with E-state index < -0.39 is 23.6 Å². The van der Waals surface area contributed by atoms with Crippen LogP contribution in [0, 0.1) is 11.8 Å². The van der Waals surface area contributed by atoms with Crippen molar-refractivity contribution < 1.29 is 17.9 Å². The van der Waals surface area contributed by atoms with E-state index in [-0.39, 0.29) is 12.5 Å². The molecule has 1 aliphatic heterocycles. The Morgan fingerprint density at radius 1 is 1.47 bits per heavy atom. The lowest BCUT2D eigenvalue weighted by Gasteiger charge is -2.26. The number of nitrogens with one attached hydrogen (secondary N) is 1. The molecule has 2 rings (SSSR count). The van der Waals surface area contributed by atoms with Gasteiger partial charge in [0.05, 0.1) is 18.8 Å². The van der Waals surface area contributed by atoms with Crippen molar-refractivity contribution in [3.8, 4) is 0 Å². The molecule has 0 spiro atoms. The molecule has 15 heavy (non-hydrogen) atoms. The molecule has 0 aromatic rings. The predicted molar refractivity (Wildman–Crippen MR) is 49.2 cm³/mol. The van der Waals surface area contributed by atoms with Crippen LogP contribution >= 0.6 is 0 Å². The second-order valence-corrected chi connectivity index (χ2v) is 4.63. The Kier molecular flexibility index (Phi) is 2.50. The first kappa shape index (κ1) is 11.2. The van der Waals surface area contributed by atoms with Gasteiger partial charge < -0.3 is 4.74 Å². The summed E-state index contributed by atoms with van der Waals surface area (Å²) in [6.07, 6.45) is -3.54. The highest BCUT2D eigenvalue weighted by Gasteiger charge is 2.61. The number of ether oxygens (including phenoxy) is 1. The Bertz CT molecular complexity index is 256. The van der Waals surface area contributed by atoms with Crippen molar-refractivity contribution in [1.82, 2.24) is 5.32 Å². The van der Waals surface area contributed by atoms with E-state index in [4.69, 9.17) is 4.74 Å². The van der Waals surface area contributed by atoms with Crippen molar-refractivity contribution in [2.75, 3.05) is 6.73 Å². The fourth-order valence-corrected chi connectivity index (χ4v) is 3.05. The SMILES string of the molecule is CCC12C[C@@H](C(F)(F)F)C(C)C1OCN2. The van der Waals surface area contributed by atoms with E-state index in [0.29, 0.717) is 13.2 Å². The van der Waals surface area contributed by atoms with Crippen LogP contribution in [0.3, 0.4) is 0 Å². The summed E-state index contributed by atoms with van der Waals surface area (Å²) < 4.78 is 43.6. The van der Waals surface area contributed by atoms with Crippen LogP contribution < -0.4 is 5.32 Å². The Morgan fingerprint density at radius 2 is 2.13 bits per heavy atom. The molecule has 5 heteroatoms. The molecule has 0 radical (unpaired) electrons. The summed E-state index contributed by atoms with van der Waals surface area (Å²) in [5.74, 6) is -1.67. The summed E-state index contributed by atoms with van der Waals surface area (Å²) in [5.41, 5.74) is -0.445. The molecule has 2 nitrogen and oxygen atoms in total. The molecular formula is C10H16F3NO. The predicted octanol–water partition coefficient (Wildman–Crippen LogP) is 2.30. The fraction of sp³-hybridized carbons (Fsp3) is 1.00. The fourth-order valence-electron chi connectivity index (χ4n) is 3.05. The van der Waals surface area contributed by atoms with Crippen molar-refractivity contribution in [2.45, 2.75) is 44.5 Å². The molecule has 2 aliphatic rings. The van der Waals surface area contributed by atoms with Gasteiger partial charge in [-0.2, -0.15) is 13.2 Å². The Morgan fingerprint density at radius 3 is 2.60 bits per heavy atom. The summed E-state index contributed by atoms with van der Waals surface area (Å²) in [4.78, 5) is 0. The van der Waals surface area contributed by atoms with Crippen LogP contribution in [0.1, 0.15) is 26.7 Å². The standard InChI is InChI=1S/C10H16F3NO/c1-3-9-4-7(10(11,12)13)6(2)8(9)15-5-14-9/h6-8,14H,3-5H2,1-2H3/t6?,7-,8?,9?/m1/s1. The van der Waals surface area contributed by atoms with Crippen molar-refractivity contribution >= 4 is 0 Å². The lowest BCUT2D eigenvalue weighted by atomic mass is 9.91. The van der Waals surface area contributed by atoms with Gasteiger partial charge in [-0.05, 0) is 18.8 Å². The second kappa shape index (κ2) is 3.35. The maximum absolute atomic E-state index is 12.7. The quantitative estimate of drug-likeness (QED) is 0.736. The third-order valence-electron chi connectivity index (χ3n) is 3.98. The molecule has 1 saturated heterocycles. The van der Waals surface area contributed by atoms with E-state index in [1.54, 1.807) is 6.92 Å². The van der Waals surface area contributed by atoms with Gasteiger partial charge in [0, 0.05) is 5.54 Å². The minimum Gasteiger partial charge on any atom is -0.361 e. The van der Waals surface area contributed by atoms with Gasteiger partial charge in [0.15, 0.2) is 0 Å². The van der Waals surface area contributed by atoms with Gasteiger partial charge in [-0.15, -0.1) is 0 Å². The minimum atomic E-state index is -4.10. The maximum Gasteiger partial charge on any atom is 0.392 e. The number of hydrogen-bond acceptors (Lipinski definition) is 2. The number of alkyl halides is 3. The zero-order chi connectivity index (χ0) is 11.3. The van der Waals surface area contributed by atoms with E-state index in [2.05, 4.69) is 5.32 Å². The second-order valence-electron chi connectivity index (χ2n) is 4.63. The van der Waals surface area contributed by atoms with Gasteiger partial charge in [0.25, 0.3) is 0 Å². The zero-order valence-electron chi connectivity index (χ0n) is 8.90. The summed E-state index contributed by atoms with van der Waals surface area (Å²) in [6.45, 7) is 3.95. The maximum atomic E-state index is 12.7. The smallest absolute Gasteiger partial charge is 0.361 e. The highest BCUT2D eigenvalue weighted by Crippen LogP contribution is 2.51. The summed E-state index contributed by atoms with van der Waals surface area (Å²) in [7, 11) is 0. The largest absolute Gasteiger partial charge is 0.392 e. The van der Waals surface area contributed by atoms with Crippen LogP contribution in [-0.4, -0.2) is 24.6 Å². The van der Waals surface area contributed by atoms with Gasteiger partial charge in [-0.25, -0.2) is 0 Å². The molecule has 1 heterocycles. The lowest BCUT2D eigenvalue weighted by molar-refractivity contribution is -0.187. The van der Waals surface area contributed by atoms with Crippen LogP contribution in [0.2, 0.25) is 0 Å². The van der Waals surface area contributed by atoms with Crippen LogP contribution in [0.5, 0.6) is 0 Å². The van der Waals surface area contributed by atoms with E-state index in [9.17, 15) is 13.2 Å². The van der Waals surface area contributed by atoms with Crippen molar-refractivity contribution in [1.29, 1.82) is 0 Å². The average molecular weight is 223 g/mol. The van der Waals surface area contributed by atoms with Gasteiger partial charge in [-0.1, -0.05) is 13.8 Å². The molecule has 1 aliphatic carbocycles. The highest BCUT2D eigenvalue weighted by atomic mass is 19.4. The summed E-state index contributed by atoms with van der Waals surface area (Å²) >= 11 is 0. The Balaban J connectivity index is 2.23. The van der Waals surface area contributed by atoms with Crippen molar-refractivity contribution in [3.05, 3.63) is 0 Å². The molecular weight excluding hydrogens is 207 g/mol. The van der Waals surface area contributed by atoms with E-state index in [0.717, 1.165) is 0 Å². The van der Waals surface area contributed by atoms with Gasteiger partial charge >= 0.3 is 6.18 Å². The van der Waals surface area contributed by atoms with Crippen molar-refractivity contribution in [2.24, 2.45) is 11.8 Å². The average Bonchev–Trinajstić information content (AvgIpc) is 2.64. The molecule has 0 amide bonds. The molecule has 3 unspecified atom stereocenters. The third-order valence-corrected chi connectivity index (χ3v) is 3.98. The monoisotopic (exact) mass is 223 g/mol. The van der Waals surface area contributed by atoms with Crippen molar-refractivity contribution in [3.63, 3.8) is 0 Å². The van der Waals surface area contributed by atoms with Gasteiger partial charge in [-0.3, -0.25) is 5.32 Å². The molecule has 0 bridgehead atoms. The number of halogens is 3.